The maximum absolute atomic E-state index is 12.5. The SMILES string of the molecule is CCC1CCC(NS(=O)(=O)c2cc(CNC)oc2C)CC1. The van der Waals surface area contributed by atoms with Crippen LogP contribution in [0.4, 0.5) is 0 Å². The largest absolute Gasteiger partial charge is 0.464 e. The Balaban J connectivity index is 2.05. The summed E-state index contributed by atoms with van der Waals surface area (Å²) in [5, 5.41) is 2.96. The molecule has 120 valence electrons. The highest BCUT2D eigenvalue weighted by Gasteiger charge is 2.27. The van der Waals surface area contributed by atoms with Crippen molar-refractivity contribution < 1.29 is 12.8 Å². The molecule has 1 fully saturated rings. The summed E-state index contributed by atoms with van der Waals surface area (Å²) < 4.78 is 33.3. The Labute approximate surface area is 127 Å². The van der Waals surface area contributed by atoms with Gasteiger partial charge in [0.15, 0.2) is 0 Å². The van der Waals surface area contributed by atoms with Crippen LogP contribution >= 0.6 is 0 Å². The fourth-order valence-corrected chi connectivity index (χ4v) is 4.53. The van der Waals surface area contributed by atoms with Gasteiger partial charge in [-0.2, -0.15) is 0 Å². The van der Waals surface area contributed by atoms with E-state index in [9.17, 15) is 8.42 Å². The van der Waals surface area contributed by atoms with Gasteiger partial charge >= 0.3 is 0 Å². The molecule has 1 heterocycles. The number of rotatable bonds is 6. The molecule has 6 heteroatoms. The number of hydrogen-bond acceptors (Lipinski definition) is 4. The molecular formula is C15H26N2O3S. The van der Waals surface area contributed by atoms with Crippen LogP contribution in [0.2, 0.25) is 0 Å². The van der Waals surface area contributed by atoms with Gasteiger partial charge in [-0.05, 0) is 45.6 Å². The maximum atomic E-state index is 12.5. The van der Waals surface area contributed by atoms with Crippen molar-refractivity contribution in [2.45, 2.75) is 63.4 Å². The number of furan rings is 1. The Morgan fingerprint density at radius 3 is 2.52 bits per heavy atom. The molecule has 21 heavy (non-hydrogen) atoms. The lowest BCUT2D eigenvalue weighted by Gasteiger charge is -2.28. The second-order valence-corrected chi connectivity index (χ2v) is 7.59. The van der Waals surface area contributed by atoms with E-state index in [0.717, 1.165) is 31.6 Å². The number of sulfonamides is 1. The van der Waals surface area contributed by atoms with Crippen LogP contribution in [0, 0.1) is 12.8 Å². The van der Waals surface area contributed by atoms with Crippen LogP contribution in [0.15, 0.2) is 15.4 Å². The summed E-state index contributed by atoms with van der Waals surface area (Å²) in [4.78, 5) is 0.269. The van der Waals surface area contributed by atoms with Crippen molar-refractivity contribution in [2.75, 3.05) is 7.05 Å². The molecule has 2 N–H and O–H groups in total. The summed E-state index contributed by atoms with van der Waals surface area (Å²) in [7, 11) is -1.68. The van der Waals surface area contributed by atoms with Gasteiger partial charge in [0.25, 0.3) is 0 Å². The lowest BCUT2D eigenvalue weighted by atomic mass is 9.85. The van der Waals surface area contributed by atoms with Crippen molar-refractivity contribution in [3.8, 4) is 0 Å². The van der Waals surface area contributed by atoms with Crippen molar-refractivity contribution >= 4 is 10.0 Å². The molecule has 1 aliphatic rings. The van der Waals surface area contributed by atoms with Crippen molar-refractivity contribution in [1.82, 2.24) is 10.0 Å². The minimum absolute atomic E-state index is 0.0554. The van der Waals surface area contributed by atoms with E-state index in [1.54, 1.807) is 20.0 Å². The van der Waals surface area contributed by atoms with E-state index in [1.807, 2.05) is 0 Å². The van der Waals surface area contributed by atoms with Crippen LogP contribution in [-0.2, 0) is 16.6 Å². The van der Waals surface area contributed by atoms with E-state index >= 15 is 0 Å². The Bertz CT molecular complexity index is 557. The molecule has 0 radical (unpaired) electrons. The standard InChI is InChI=1S/C15H26N2O3S/c1-4-12-5-7-13(8-6-12)17-21(18,19)15-9-14(10-16-3)20-11(15)2/h9,12-13,16-17H,4-8,10H2,1-3H3. The third kappa shape index (κ3) is 4.08. The fourth-order valence-electron chi connectivity index (χ4n) is 3.02. The molecule has 1 saturated carbocycles. The first-order valence-electron chi connectivity index (χ1n) is 7.72. The monoisotopic (exact) mass is 314 g/mol. The quantitative estimate of drug-likeness (QED) is 0.846. The second kappa shape index (κ2) is 6.94. The van der Waals surface area contributed by atoms with Crippen LogP contribution in [-0.4, -0.2) is 21.5 Å². The Morgan fingerprint density at radius 2 is 1.95 bits per heavy atom. The van der Waals surface area contributed by atoms with Gasteiger partial charge < -0.3 is 9.73 Å². The average Bonchev–Trinajstić information content (AvgIpc) is 2.81. The zero-order chi connectivity index (χ0) is 15.5. The molecule has 1 aromatic heterocycles. The van der Waals surface area contributed by atoms with Crippen LogP contribution < -0.4 is 10.0 Å². The molecule has 0 bridgehead atoms. The maximum Gasteiger partial charge on any atom is 0.244 e. The first-order chi connectivity index (χ1) is 9.96. The van der Waals surface area contributed by atoms with Crippen LogP contribution in [0.1, 0.15) is 50.5 Å². The summed E-state index contributed by atoms with van der Waals surface area (Å²) >= 11 is 0. The lowest BCUT2D eigenvalue weighted by molar-refractivity contribution is 0.306. The molecule has 0 aliphatic heterocycles. The fraction of sp³-hybridized carbons (Fsp3) is 0.733. The van der Waals surface area contributed by atoms with Gasteiger partial charge in [0.05, 0.1) is 6.54 Å². The third-order valence-corrected chi connectivity index (χ3v) is 5.94. The molecule has 0 saturated heterocycles. The number of hydrogen-bond donors (Lipinski definition) is 2. The number of nitrogens with one attached hydrogen (secondary N) is 2. The van der Waals surface area contributed by atoms with Gasteiger partial charge in [-0.15, -0.1) is 0 Å². The van der Waals surface area contributed by atoms with Gasteiger partial charge in [0.1, 0.15) is 16.4 Å². The molecule has 0 aromatic carbocycles. The molecule has 0 unspecified atom stereocenters. The van der Waals surface area contributed by atoms with Crippen molar-refractivity contribution in [3.05, 3.63) is 17.6 Å². The minimum Gasteiger partial charge on any atom is -0.464 e. The first-order valence-corrected chi connectivity index (χ1v) is 9.20. The van der Waals surface area contributed by atoms with Crippen molar-refractivity contribution in [1.29, 1.82) is 0 Å². The minimum atomic E-state index is -3.48. The predicted octanol–water partition coefficient (Wildman–Crippen LogP) is 2.55. The van der Waals surface area contributed by atoms with E-state index in [2.05, 4.69) is 17.0 Å². The molecule has 5 nitrogen and oxygen atoms in total. The summed E-state index contributed by atoms with van der Waals surface area (Å²) in [5.41, 5.74) is 0. The topological polar surface area (TPSA) is 71.3 Å². The molecule has 0 amide bonds. The van der Waals surface area contributed by atoms with Crippen LogP contribution in [0.3, 0.4) is 0 Å². The second-order valence-electron chi connectivity index (χ2n) is 5.91. The van der Waals surface area contributed by atoms with Crippen LogP contribution in [0.25, 0.3) is 0 Å². The Morgan fingerprint density at radius 1 is 1.29 bits per heavy atom. The zero-order valence-corrected chi connectivity index (χ0v) is 13.9. The molecule has 2 rings (SSSR count). The zero-order valence-electron chi connectivity index (χ0n) is 13.1. The molecule has 0 atom stereocenters. The van der Waals surface area contributed by atoms with E-state index in [-0.39, 0.29) is 10.9 Å². The van der Waals surface area contributed by atoms with E-state index < -0.39 is 10.0 Å². The summed E-state index contributed by atoms with van der Waals surface area (Å²) in [6, 6.07) is 1.67. The highest BCUT2D eigenvalue weighted by Crippen LogP contribution is 2.28. The molecule has 1 aromatic rings. The van der Waals surface area contributed by atoms with E-state index in [1.165, 1.54) is 6.42 Å². The van der Waals surface area contributed by atoms with Gasteiger partial charge in [-0.3, -0.25) is 0 Å². The van der Waals surface area contributed by atoms with Crippen molar-refractivity contribution in [3.63, 3.8) is 0 Å². The van der Waals surface area contributed by atoms with Gasteiger partial charge in [-0.25, -0.2) is 13.1 Å². The highest BCUT2D eigenvalue weighted by atomic mass is 32.2. The van der Waals surface area contributed by atoms with E-state index in [0.29, 0.717) is 18.1 Å². The normalized spacial score (nSPS) is 23.4. The lowest BCUT2D eigenvalue weighted by Crippen LogP contribution is -2.37. The molecule has 1 aliphatic carbocycles. The third-order valence-electron chi connectivity index (χ3n) is 4.31. The summed E-state index contributed by atoms with van der Waals surface area (Å²) in [6.45, 7) is 4.42. The Hall–Kier alpha value is -0.850. The highest BCUT2D eigenvalue weighted by molar-refractivity contribution is 7.89. The smallest absolute Gasteiger partial charge is 0.244 e. The predicted molar refractivity (Wildman–Crippen MR) is 82.6 cm³/mol. The van der Waals surface area contributed by atoms with E-state index in [4.69, 9.17) is 4.42 Å². The average molecular weight is 314 g/mol. The first kappa shape index (κ1) is 16.5. The molecule has 0 spiro atoms. The Kier molecular flexibility index (Phi) is 5.46. The summed E-state index contributed by atoms with van der Waals surface area (Å²) in [5.74, 6) is 1.85. The van der Waals surface area contributed by atoms with Crippen LogP contribution in [0.5, 0.6) is 0 Å². The van der Waals surface area contributed by atoms with Gasteiger partial charge in [0.2, 0.25) is 10.0 Å². The molecular weight excluding hydrogens is 288 g/mol. The van der Waals surface area contributed by atoms with Crippen molar-refractivity contribution in [2.24, 2.45) is 5.92 Å². The number of aryl methyl sites for hydroxylation is 1. The van der Waals surface area contributed by atoms with Gasteiger partial charge in [0, 0.05) is 12.1 Å². The van der Waals surface area contributed by atoms with Gasteiger partial charge in [-0.1, -0.05) is 13.3 Å². The summed E-state index contributed by atoms with van der Waals surface area (Å²) in [6.07, 6.45) is 5.27.